The third-order valence-corrected chi connectivity index (χ3v) is 3.12. The summed E-state index contributed by atoms with van der Waals surface area (Å²) in [6.45, 7) is 4.67. The fourth-order valence-corrected chi connectivity index (χ4v) is 2.23. The summed E-state index contributed by atoms with van der Waals surface area (Å²) in [5.74, 6) is 0.698. The van der Waals surface area contributed by atoms with E-state index in [0.717, 1.165) is 5.69 Å². The zero-order valence-electron chi connectivity index (χ0n) is 9.48. The minimum atomic E-state index is 0.588. The molecular formula is C12H19N3. The van der Waals surface area contributed by atoms with Crippen molar-refractivity contribution in [2.24, 2.45) is 5.92 Å². The number of pyridine rings is 1. The number of hydrogen-bond acceptors (Lipinski definition) is 3. The van der Waals surface area contributed by atoms with E-state index in [9.17, 15) is 0 Å². The Bertz CT molecular complexity index is 299. The molecule has 0 aromatic carbocycles. The van der Waals surface area contributed by atoms with Gasteiger partial charge in [-0.3, -0.25) is 4.98 Å². The Morgan fingerprint density at radius 2 is 2.40 bits per heavy atom. The highest BCUT2D eigenvalue weighted by Crippen LogP contribution is 2.19. The molecule has 15 heavy (non-hydrogen) atoms. The third-order valence-electron chi connectivity index (χ3n) is 3.12. The maximum Gasteiger partial charge on any atom is 0.0528 e. The summed E-state index contributed by atoms with van der Waals surface area (Å²) >= 11 is 0. The smallest absolute Gasteiger partial charge is 0.0528 e. The Kier molecular flexibility index (Phi) is 3.21. The number of likely N-dealkylation sites (tertiary alicyclic amines) is 1. The predicted octanol–water partition coefficient (Wildman–Crippen LogP) is 1.83. The van der Waals surface area contributed by atoms with Gasteiger partial charge in [-0.25, -0.2) is 0 Å². The molecule has 0 amide bonds. The molecule has 0 spiro atoms. The molecule has 1 saturated heterocycles. The Hall–Kier alpha value is -1.09. The first-order valence-electron chi connectivity index (χ1n) is 5.61. The largest absolute Gasteiger partial charge is 0.381 e. The number of anilines is 1. The first kappa shape index (κ1) is 10.4. The standard InChI is InChI=1S/C12H19N3/c1-10-9-15(2)7-5-12(10)14-11-4-3-6-13-8-11/h3-4,6,8,10,12,14H,5,7,9H2,1-2H3. The van der Waals surface area contributed by atoms with Gasteiger partial charge in [-0.15, -0.1) is 0 Å². The zero-order valence-corrected chi connectivity index (χ0v) is 9.48. The van der Waals surface area contributed by atoms with Crippen molar-refractivity contribution in [1.82, 2.24) is 9.88 Å². The van der Waals surface area contributed by atoms with E-state index in [1.54, 1.807) is 0 Å². The lowest BCUT2D eigenvalue weighted by Crippen LogP contribution is -2.43. The Labute approximate surface area is 91.5 Å². The molecule has 3 nitrogen and oxygen atoms in total. The summed E-state index contributed by atoms with van der Waals surface area (Å²) in [4.78, 5) is 6.51. The fraction of sp³-hybridized carbons (Fsp3) is 0.583. The van der Waals surface area contributed by atoms with Crippen LogP contribution in [0.2, 0.25) is 0 Å². The van der Waals surface area contributed by atoms with Crippen LogP contribution in [0.25, 0.3) is 0 Å². The topological polar surface area (TPSA) is 28.2 Å². The van der Waals surface area contributed by atoms with Crippen molar-refractivity contribution in [3.63, 3.8) is 0 Å². The Morgan fingerprint density at radius 1 is 1.53 bits per heavy atom. The fourth-order valence-electron chi connectivity index (χ4n) is 2.23. The van der Waals surface area contributed by atoms with E-state index in [-0.39, 0.29) is 0 Å². The van der Waals surface area contributed by atoms with E-state index < -0.39 is 0 Å². The maximum absolute atomic E-state index is 4.12. The van der Waals surface area contributed by atoms with Crippen LogP contribution in [0.5, 0.6) is 0 Å². The molecular weight excluding hydrogens is 186 g/mol. The van der Waals surface area contributed by atoms with Crippen molar-refractivity contribution in [3.05, 3.63) is 24.5 Å². The highest BCUT2D eigenvalue weighted by atomic mass is 15.1. The van der Waals surface area contributed by atoms with Gasteiger partial charge in [0.1, 0.15) is 0 Å². The van der Waals surface area contributed by atoms with Crippen LogP contribution in [0.1, 0.15) is 13.3 Å². The minimum absolute atomic E-state index is 0.588. The zero-order chi connectivity index (χ0) is 10.7. The molecule has 2 rings (SSSR count). The van der Waals surface area contributed by atoms with Gasteiger partial charge in [0.2, 0.25) is 0 Å². The lowest BCUT2D eigenvalue weighted by atomic mass is 9.94. The van der Waals surface area contributed by atoms with Crippen molar-refractivity contribution >= 4 is 5.69 Å². The number of nitrogens with zero attached hydrogens (tertiary/aromatic N) is 2. The van der Waals surface area contributed by atoms with E-state index in [2.05, 4.69) is 35.2 Å². The molecule has 0 saturated carbocycles. The lowest BCUT2D eigenvalue weighted by Gasteiger charge is -2.35. The monoisotopic (exact) mass is 205 g/mol. The second kappa shape index (κ2) is 4.62. The molecule has 0 bridgehead atoms. The van der Waals surface area contributed by atoms with Crippen molar-refractivity contribution in [2.75, 3.05) is 25.5 Å². The van der Waals surface area contributed by atoms with Gasteiger partial charge in [0.05, 0.1) is 5.69 Å². The quantitative estimate of drug-likeness (QED) is 0.798. The molecule has 0 radical (unpaired) electrons. The van der Waals surface area contributed by atoms with Crippen LogP contribution >= 0.6 is 0 Å². The lowest BCUT2D eigenvalue weighted by molar-refractivity contribution is 0.206. The molecule has 1 fully saturated rings. The number of piperidine rings is 1. The van der Waals surface area contributed by atoms with E-state index in [4.69, 9.17) is 0 Å². The van der Waals surface area contributed by atoms with Crippen LogP contribution in [-0.4, -0.2) is 36.1 Å². The average molecular weight is 205 g/mol. The summed E-state index contributed by atoms with van der Waals surface area (Å²) in [7, 11) is 2.19. The van der Waals surface area contributed by atoms with Gasteiger partial charge in [-0.1, -0.05) is 6.92 Å². The van der Waals surface area contributed by atoms with Crippen molar-refractivity contribution in [3.8, 4) is 0 Å². The van der Waals surface area contributed by atoms with Crippen LogP contribution < -0.4 is 5.32 Å². The van der Waals surface area contributed by atoms with Crippen LogP contribution in [0, 0.1) is 5.92 Å². The van der Waals surface area contributed by atoms with Crippen LogP contribution in [-0.2, 0) is 0 Å². The Morgan fingerprint density at radius 3 is 3.07 bits per heavy atom. The summed E-state index contributed by atoms with van der Waals surface area (Å²) in [6.07, 6.45) is 4.92. The highest BCUT2D eigenvalue weighted by molar-refractivity contribution is 5.41. The molecule has 1 N–H and O–H groups in total. The second-order valence-corrected chi connectivity index (χ2v) is 4.52. The van der Waals surface area contributed by atoms with Gasteiger partial charge in [-0.2, -0.15) is 0 Å². The number of rotatable bonds is 2. The van der Waals surface area contributed by atoms with E-state index in [1.165, 1.54) is 19.5 Å². The highest BCUT2D eigenvalue weighted by Gasteiger charge is 2.23. The number of hydrogen-bond donors (Lipinski definition) is 1. The summed E-state index contributed by atoms with van der Waals surface area (Å²) < 4.78 is 0. The van der Waals surface area contributed by atoms with Gasteiger partial charge in [0, 0.05) is 25.0 Å². The molecule has 1 aliphatic heterocycles. The van der Waals surface area contributed by atoms with Gasteiger partial charge in [0.15, 0.2) is 0 Å². The molecule has 82 valence electrons. The van der Waals surface area contributed by atoms with Crippen molar-refractivity contribution < 1.29 is 0 Å². The van der Waals surface area contributed by atoms with E-state index in [1.807, 2.05) is 18.5 Å². The van der Waals surface area contributed by atoms with Gasteiger partial charge in [0.25, 0.3) is 0 Å². The van der Waals surface area contributed by atoms with Gasteiger partial charge in [-0.05, 0) is 38.1 Å². The molecule has 1 aromatic rings. The van der Waals surface area contributed by atoms with E-state index >= 15 is 0 Å². The SMILES string of the molecule is CC1CN(C)CCC1Nc1cccnc1. The molecule has 1 aliphatic rings. The van der Waals surface area contributed by atoms with Gasteiger partial charge >= 0.3 is 0 Å². The van der Waals surface area contributed by atoms with E-state index in [0.29, 0.717) is 12.0 Å². The molecule has 1 aromatic heterocycles. The maximum atomic E-state index is 4.12. The summed E-state index contributed by atoms with van der Waals surface area (Å²) in [5, 5.41) is 3.56. The van der Waals surface area contributed by atoms with Crippen molar-refractivity contribution in [1.29, 1.82) is 0 Å². The molecule has 3 heteroatoms. The molecule has 2 heterocycles. The first-order chi connectivity index (χ1) is 7.25. The summed E-state index contributed by atoms with van der Waals surface area (Å²) in [5.41, 5.74) is 1.14. The predicted molar refractivity (Wildman–Crippen MR) is 62.9 cm³/mol. The van der Waals surface area contributed by atoms with Crippen LogP contribution in [0.15, 0.2) is 24.5 Å². The molecule has 2 atom stereocenters. The van der Waals surface area contributed by atoms with Crippen molar-refractivity contribution in [2.45, 2.75) is 19.4 Å². The van der Waals surface area contributed by atoms with Gasteiger partial charge < -0.3 is 10.2 Å². The normalized spacial score (nSPS) is 27.6. The molecule has 2 unspecified atom stereocenters. The second-order valence-electron chi connectivity index (χ2n) is 4.52. The minimum Gasteiger partial charge on any atom is -0.381 e. The van der Waals surface area contributed by atoms with Crippen LogP contribution in [0.3, 0.4) is 0 Å². The number of nitrogens with one attached hydrogen (secondary N) is 1. The Balaban J connectivity index is 1.95. The average Bonchev–Trinajstić information content (AvgIpc) is 2.24. The number of aromatic nitrogens is 1. The first-order valence-corrected chi connectivity index (χ1v) is 5.61. The summed E-state index contributed by atoms with van der Waals surface area (Å²) in [6, 6.07) is 4.64. The molecule has 0 aliphatic carbocycles. The van der Waals surface area contributed by atoms with Crippen LogP contribution in [0.4, 0.5) is 5.69 Å². The third kappa shape index (κ3) is 2.69.